The van der Waals surface area contributed by atoms with Gasteiger partial charge in [-0.25, -0.2) is 4.68 Å². The van der Waals surface area contributed by atoms with Crippen molar-refractivity contribution < 1.29 is 5.11 Å². The fourth-order valence-corrected chi connectivity index (χ4v) is 2.14. The topological polar surface area (TPSA) is 101 Å². The van der Waals surface area contributed by atoms with Crippen LogP contribution in [0.1, 0.15) is 37.9 Å². The normalized spacial score (nSPS) is 11.9. The summed E-state index contributed by atoms with van der Waals surface area (Å²) in [4.78, 5) is 11.9. The third-order valence-electron chi connectivity index (χ3n) is 3.52. The van der Waals surface area contributed by atoms with E-state index in [1.54, 1.807) is 14.1 Å². The molecular weight excluding hydrogens is 272 g/mol. The van der Waals surface area contributed by atoms with E-state index in [9.17, 15) is 9.90 Å². The number of aromatic amines is 1. The summed E-state index contributed by atoms with van der Waals surface area (Å²) in [5, 5.41) is 24.8. The minimum atomic E-state index is -0.406. The molecule has 0 spiro atoms. The molecule has 21 heavy (non-hydrogen) atoms. The molecular formula is C13H20N6O2. The number of aromatic nitrogens is 4. The molecule has 0 atom stereocenters. The number of nitrogens with zero attached hydrogens (tertiary/aromatic N) is 5. The Morgan fingerprint density at radius 1 is 1.29 bits per heavy atom. The van der Waals surface area contributed by atoms with Crippen LogP contribution in [-0.2, 0) is 20.5 Å². The molecule has 2 heterocycles. The lowest BCUT2D eigenvalue weighted by Gasteiger charge is -2.03. The number of nitrogens with one attached hydrogen (secondary N) is 1. The summed E-state index contributed by atoms with van der Waals surface area (Å²) in [7, 11) is 3.11. The second-order valence-electron chi connectivity index (χ2n) is 5.17. The molecule has 0 fully saturated rings. The summed E-state index contributed by atoms with van der Waals surface area (Å²) in [6, 6.07) is 0. The van der Waals surface area contributed by atoms with Gasteiger partial charge in [-0.2, -0.15) is 5.10 Å². The van der Waals surface area contributed by atoms with E-state index in [4.69, 9.17) is 0 Å². The monoisotopic (exact) mass is 292 g/mol. The molecule has 0 aliphatic heterocycles. The summed E-state index contributed by atoms with van der Waals surface area (Å²) in [6.07, 6.45) is 0.761. The third kappa shape index (κ3) is 2.48. The second-order valence-corrected chi connectivity index (χ2v) is 5.17. The van der Waals surface area contributed by atoms with Crippen LogP contribution in [0, 0.1) is 0 Å². The van der Waals surface area contributed by atoms with E-state index in [1.807, 2.05) is 6.92 Å². The average molecular weight is 292 g/mol. The van der Waals surface area contributed by atoms with E-state index in [0.717, 1.165) is 17.7 Å². The van der Waals surface area contributed by atoms with Crippen molar-refractivity contribution in [2.45, 2.75) is 33.1 Å². The van der Waals surface area contributed by atoms with Gasteiger partial charge in [0.25, 0.3) is 5.56 Å². The molecule has 0 aliphatic rings. The van der Waals surface area contributed by atoms with Crippen LogP contribution in [0.4, 0.5) is 11.5 Å². The summed E-state index contributed by atoms with van der Waals surface area (Å²) >= 11 is 0. The van der Waals surface area contributed by atoms with Gasteiger partial charge in [0.15, 0.2) is 5.82 Å². The zero-order valence-electron chi connectivity index (χ0n) is 12.9. The highest BCUT2D eigenvalue weighted by atomic mass is 16.3. The lowest BCUT2D eigenvalue weighted by Crippen LogP contribution is -2.16. The van der Waals surface area contributed by atoms with Gasteiger partial charge in [0.2, 0.25) is 11.6 Å². The van der Waals surface area contributed by atoms with Gasteiger partial charge in [-0.15, -0.1) is 10.2 Å². The van der Waals surface area contributed by atoms with Gasteiger partial charge in [-0.05, 0) is 12.3 Å². The van der Waals surface area contributed by atoms with Gasteiger partial charge in [0.05, 0.1) is 0 Å². The van der Waals surface area contributed by atoms with Gasteiger partial charge in [0.1, 0.15) is 0 Å². The summed E-state index contributed by atoms with van der Waals surface area (Å²) in [5.41, 5.74) is 1.49. The van der Waals surface area contributed by atoms with Crippen molar-refractivity contribution in [1.29, 1.82) is 0 Å². The van der Waals surface area contributed by atoms with Crippen LogP contribution in [0.5, 0.6) is 5.88 Å². The molecule has 0 bridgehead atoms. The first-order chi connectivity index (χ1) is 9.88. The van der Waals surface area contributed by atoms with E-state index in [-0.39, 0.29) is 11.6 Å². The molecule has 0 saturated heterocycles. The van der Waals surface area contributed by atoms with Gasteiger partial charge in [-0.3, -0.25) is 14.6 Å². The highest BCUT2D eigenvalue weighted by Gasteiger charge is 2.17. The smallest absolute Gasteiger partial charge is 0.298 e. The van der Waals surface area contributed by atoms with Crippen molar-refractivity contribution in [3.8, 4) is 5.88 Å². The SMILES string of the molecule is CCc1c(N=Nc2c(O)n(C)n(C)c2=O)n[nH]c1C(C)C. The van der Waals surface area contributed by atoms with E-state index in [2.05, 4.69) is 34.3 Å². The Morgan fingerprint density at radius 2 is 1.95 bits per heavy atom. The van der Waals surface area contributed by atoms with Crippen molar-refractivity contribution in [3.63, 3.8) is 0 Å². The zero-order chi connectivity index (χ0) is 15.7. The Kier molecular flexibility index (Phi) is 3.97. The maximum absolute atomic E-state index is 11.9. The summed E-state index contributed by atoms with van der Waals surface area (Å²) < 4.78 is 2.57. The van der Waals surface area contributed by atoms with Crippen LogP contribution in [0.3, 0.4) is 0 Å². The quantitative estimate of drug-likeness (QED) is 0.845. The van der Waals surface area contributed by atoms with Gasteiger partial charge in [-0.1, -0.05) is 20.8 Å². The summed E-state index contributed by atoms with van der Waals surface area (Å²) in [5.74, 6) is 0.532. The maximum atomic E-state index is 11.9. The molecule has 2 rings (SSSR count). The molecule has 0 amide bonds. The molecule has 0 saturated carbocycles. The van der Waals surface area contributed by atoms with Crippen molar-refractivity contribution in [1.82, 2.24) is 19.6 Å². The van der Waals surface area contributed by atoms with Crippen molar-refractivity contribution in [2.75, 3.05) is 0 Å². The van der Waals surface area contributed by atoms with Crippen LogP contribution in [-0.4, -0.2) is 24.7 Å². The largest absolute Gasteiger partial charge is 0.492 e. The van der Waals surface area contributed by atoms with Crippen LogP contribution in [0.25, 0.3) is 0 Å². The molecule has 0 aliphatic carbocycles. The van der Waals surface area contributed by atoms with Crippen molar-refractivity contribution in [2.24, 2.45) is 24.3 Å². The highest BCUT2D eigenvalue weighted by molar-refractivity contribution is 5.47. The van der Waals surface area contributed by atoms with Crippen LogP contribution >= 0.6 is 0 Å². The molecule has 8 heteroatoms. The average Bonchev–Trinajstić information content (AvgIpc) is 2.94. The fourth-order valence-electron chi connectivity index (χ4n) is 2.14. The number of H-pyrrole nitrogens is 1. The van der Waals surface area contributed by atoms with Gasteiger partial charge in [0, 0.05) is 25.4 Å². The molecule has 2 N–H and O–H groups in total. The van der Waals surface area contributed by atoms with Crippen molar-refractivity contribution >= 4 is 11.5 Å². The first-order valence-electron chi connectivity index (χ1n) is 6.82. The lowest BCUT2D eigenvalue weighted by molar-refractivity contribution is 0.398. The van der Waals surface area contributed by atoms with E-state index < -0.39 is 5.56 Å². The number of hydrogen-bond acceptors (Lipinski definition) is 5. The summed E-state index contributed by atoms with van der Waals surface area (Å²) in [6.45, 7) is 6.13. The molecule has 0 unspecified atom stereocenters. The Bertz CT molecular complexity index is 735. The van der Waals surface area contributed by atoms with Crippen LogP contribution < -0.4 is 5.56 Å². The second kappa shape index (κ2) is 5.55. The number of aromatic hydroxyl groups is 1. The van der Waals surface area contributed by atoms with Crippen molar-refractivity contribution in [3.05, 3.63) is 21.6 Å². The molecule has 2 aromatic rings. The predicted octanol–water partition coefficient (Wildman–Crippen LogP) is 2.25. The molecule has 2 aromatic heterocycles. The predicted molar refractivity (Wildman–Crippen MR) is 78.5 cm³/mol. The minimum Gasteiger partial charge on any atom is -0.492 e. The Morgan fingerprint density at radius 3 is 2.43 bits per heavy atom. The van der Waals surface area contributed by atoms with E-state index in [1.165, 1.54) is 9.36 Å². The van der Waals surface area contributed by atoms with Crippen LogP contribution in [0.15, 0.2) is 15.0 Å². The number of azo groups is 1. The van der Waals surface area contributed by atoms with E-state index >= 15 is 0 Å². The third-order valence-corrected chi connectivity index (χ3v) is 3.52. The first-order valence-corrected chi connectivity index (χ1v) is 6.82. The molecule has 0 radical (unpaired) electrons. The van der Waals surface area contributed by atoms with Gasteiger partial charge < -0.3 is 5.11 Å². The van der Waals surface area contributed by atoms with Gasteiger partial charge >= 0.3 is 0 Å². The Hall–Kier alpha value is -2.38. The Balaban J connectivity index is 2.44. The van der Waals surface area contributed by atoms with Crippen LogP contribution in [0.2, 0.25) is 0 Å². The molecule has 8 nitrogen and oxygen atoms in total. The Labute approximate surface area is 122 Å². The molecule has 0 aromatic carbocycles. The number of hydrogen-bond donors (Lipinski definition) is 2. The highest BCUT2D eigenvalue weighted by Crippen LogP contribution is 2.28. The fraction of sp³-hybridized carbons (Fsp3) is 0.538. The first kappa shape index (κ1) is 15.0. The standard InChI is InChI=1S/C13H20N6O2/c1-6-8-9(7(2)3)14-16-11(8)17-15-10-12(20)18(4)19(5)13(10)21/h7,20H,6H2,1-5H3,(H,14,16). The maximum Gasteiger partial charge on any atom is 0.298 e. The lowest BCUT2D eigenvalue weighted by atomic mass is 10.0. The zero-order valence-corrected chi connectivity index (χ0v) is 12.9. The number of rotatable bonds is 4. The molecule has 114 valence electrons. The minimum absolute atomic E-state index is 0.0869. The van der Waals surface area contributed by atoms with E-state index in [0.29, 0.717) is 11.7 Å².